The van der Waals surface area contributed by atoms with Gasteiger partial charge in [-0.2, -0.15) is 0 Å². The van der Waals surface area contributed by atoms with Gasteiger partial charge in [-0.1, -0.05) is 25.6 Å². The van der Waals surface area contributed by atoms with Crippen molar-refractivity contribution in [3.8, 4) is 5.75 Å². The van der Waals surface area contributed by atoms with Gasteiger partial charge in [-0.05, 0) is 37.0 Å². The van der Waals surface area contributed by atoms with Gasteiger partial charge < -0.3 is 19.3 Å². The van der Waals surface area contributed by atoms with E-state index in [4.69, 9.17) is 19.3 Å². The van der Waals surface area contributed by atoms with Crippen LogP contribution in [-0.4, -0.2) is 32.5 Å². The Labute approximate surface area is 139 Å². The molecular weight excluding hydrogens is 292 g/mol. The van der Waals surface area contributed by atoms with E-state index in [0.29, 0.717) is 12.2 Å². The highest BCUT2D eigenvalue weighted by Gasteiger charge is 2.17. The highest BCUT2D eigenvalue weighted by Crippen LogP contribution is 2.31. The Bertz CT molecular complexity index is 534. The zero-order chi connectivity index (χ0) is 17.2. The molecule has 0 bridgehead atoms. The highest BCUT2D eigenvalue weighted by molar-refractivity contribution is 5.64. The SMILES string of the molecule is C=C(CC(CC)/C(C)=C(/OC)c1cccc(OC)c1)OCCO. The summed E-state index contributed by atoms with van der Waals surface area (Å²) in [5.41, 5.74) is 2.14. The maximum absolute atomic E-state index is 8.83. The molecule has 0 aliphatic carbocycles. The van der Waals surface area contributed by atoms with Gasteiger partial charge in [-0.25, -0.2) is 0 Å². The van der Waals surface area contributed by atoms with Gasteiger partial charge >= 0.3 is 0 Å². The zero-order valence-electron chi connectivity index (χ0n) is 14.6. The lowest BCUT2D eigenvalue weighted by Crippen LogP contribution is -2.08. The molecule has 0 saturated heterocycles. The van der Waals surface area contributed by atoms with Gasteiger partial charge in [0.1, 0.15) is 18.1 Å². The summed E-state index contributed by atoms with van der Waals surface area (Å²) in [5, 5.41) is 8.83. The van der Waals surface area contributed by atoms with Crippen LogP contribution in [-0.2, 0) is 9.47 Å². The topological polar surface area (TPSA) is 47.9 Å². The van der Waals surface area contributed by atoms with Crippen LogP contribution >= 0.6 is 0 Å². The third kappa shape index (κ3) is 5.64. The molecule has 0 aliphatic heterocycles. The van der Waals surface area contributed by atoms with E-state index in [0.717, 1.165) is 29.1 Å². The van der Waals surface area contributed by atoms with E-state index < -0.39 is 0 Å². The molecule has 4 heteroatoms. The van der Waals surface area contributed by atoms with E-state index in [9.17, 15) is 0 Å². The van der Waals surface area contributed by atoms with Crippen LogP contribution in [0.3, 0.4) is 0 Å². The van der Waals surface area contributed by atoms with Crippen molar-refractivity contribution in [2.24, 2.45) is 5.92 Å². The number of aliphatic hydroxyl groups excluding tert-OH is 1. The van der Waals surface area contributed by atoms with Crippen LogP contribution in [0.4, 0.5) is 0 Å². The van der Waals surface area contributed by atoms with E-state index in [2.05, 4.69) is 20.4 Å². The van der Waals surface area contributed by atoms with Crippen molar-refractivity contribution in [1.29, 1.82) is 0 Å². The molecule has 1 rings (SSSR count). The van der Waals surface area contributed by atoms with E-state index in [-0.39, 0.29) is 19.1 Å². The molecule has 1 aromatic rings. The molecule has 1 atom stereocenters. The van der Waals surface area contributed by atoms with Crippen molar-refractivity contribution in [2.75, 3.05) is 27.4 Å². The van der Waals surface area contributed by atoms with E-state index >= 15 is 0 Å². The first kappa shape index (κ1) is 19.1. The van der Waals surface area contributed by atoms with Gasteiger partial charge in [-0.15, -0.1) is 0 Å². The number of hydrogen-bond acceptors (Lipinski definition) is 4. The lowest BCUT2D eigenvalue weighted by molar-refractivity contribution is 0.136. The van der Waals surface area contributed by atoms with Crippen LogP contribution < -0.4 is 4.74 Å². The minimum Gasteiger partial charge on any atom is -0.497 e. The fraction of sp³-hybridized carbons (Fsp3) is 0.474. The summed E-state index contributed by atoms with van der Waals surface area (Å²) in [7, 11) is 3.33. The van der Waals surface area contributed by atoms with Crippen molar-refractivity contribution in [2.45, 2.75) is 26.7 Å². The van der Waals surface area contributed by atoms with Crippen molar-refractivity contribution < 1.29 is 19.3 Å². The predicted octanol–water partition coefficient (Wildman–Crippen LogP) is 4.01. The van der Waals surface area contributed by atoms with Gasteiger partial charge in [-0.3, -0.25) is 0 Å². The number of ether oxygens (including phenoxy) is 3. The third-order valence-corrected chi connectivity index (χ3v) is 3.87. The fourth-order valence-electron chi connectivity index (χ4n) is 2.58. The fourth-order valence-corrected chi connectivity index (χ4v) is 2.58. The summed E-state index contributed by atoms with van der Waals surface area (Å²) < 4.78 is 16.3. The largest absolute Gasteiger partial charge is 0.497 e. The Morgan fingerprint density at radius 2 is 2.04 bits per heavy atom. The Balaban J connectivity index is 3.02. The molecule has 4 nitrogen and oxygen atoms in total. The van der Waals surface area contributed by atoms with Crippen LogP contribution in [0.25, 0.3) is 5.76 Å². The number of allylic oxidation sites excluding steroid dienone is 2. The maximum Gasteiger partial charge on any atom is 0.125 e. The molecule has 0 heterocycles. The Kier molecular flexibility index (Phi) is 8.27. The van der Waals surface area contributed by atoms with Crippen LogP contribution in [0.5, 0.6) is 5.75 Å². The van der Waals surface area contributed by atoms with Gasteiger partial charge in [0.15, 0.2) is 0 Å². The monoisotopic (exact) mass is 320 g/mol. The molecule has 1 N–H and O–H groups in total. The Morgan fingerprint density at radius 3 is 2.61 bits per heavy atom. The normalized spacial score (nSPS) is 13.1. The molecule has 1 aromatic carbocycles. The molecule has 0 amide bonds. The van der Waals surface area contributed by atoms with E-state index in [1.165, 1.54) is 0 Å². The van der Waals surface area contributed by atoms with Crippen molar-refractivity contribution in [1.82, 2.24) is 0 Å². The summed E-state index contributed by atoms with van der Waals surface area (Å²) in [5.74, 6) is 2.60. The third-order valence-electron chi connectivity index (χ3n) is 3.87. The number of aliphatic hydroxyl groups is 1. The summed E-state index contributed by atoms with van der Waals surface area (Å²) in [6.45, 7) is 8.42. The summed E-state index contributed by atoms with van der Waals surface area (Å²) >= 11 is 0. The molecule has 128 valence electrons. The molecule has 0 saturated carbocycles. The van der Waals surface area contributed by atoms with Gasteiger partial charge in [0.25, 0.3) is 0 Å². The van der Waals surface area contributed by atoms with Gasteiger partial charge in [0, 0.05) is 12.0 Å². The summed E-state index contributed by atoms with van der Waals surface area (Å²) in [4.78, 5) is 0. The molecule has 0 aromatic heterocycles. The van der Waals surface area contributed by atoms with Gasteiger partial charge in [0.05, 0.1) is 26.6 Å². The Hall–Kier alpha value is -1.94. The average Bonchev–Trinajstić information content (AvgIpc) is 2.58. The second-order valence-electron chi connectivity index (χ2n) is 5.37. The molecular formula is C19H28O4. The molecule has 1 unspecified atom stereocenters. The predicted molar refractivity (Wildman–Crippen MR) is 93.2 cm³/mol. The second kappa shape index (κ2) is 9.95. The van der Waals surface area contributed by atoms with E-state index in [1.807, 2.05) is 24.3 Å². The number of methoxy groups -OCH3 is 2. The molecule has 0 fully saturated rings. The molecule has 0 radical (unpaired) electrons. The van der Waals surface area contributed by atoms with Crippen molar-refractivity contribution in [3.05, 3.63) is 47.7 Å². The Morgan fingerprint density at radius 1 is 1.30 bits per heavy atom. The van der Waals surface area contributed by atoms with Crippen molar-refractivity contribution >= 4 is 5.76 Å². The zero-order valence-corrected chi connectivity index (χ0v) is 14.6. The van der Waals surface area contributed by atoms with Crippen LogP contribution in [0.15, 0.2) is 42.2 Å². The highest BCUT2D eigenvalue weighted by atomic mass is 16.5. The van der Waals surface area contributed by atoms with Crippen LogP contribution in [0, 0.1) is 5.92 Å². The first-order chi connectivity index (χ1) is 11.1. The van der Waals surface area contributed by atoms with Gasteiger partial charge in [0.2, 0.25) is 0 Å². The van der Waals surface area contributed by atoms with Crippen LogP contribution in [0.1, 0.15) is 32.3 Å². The molecule has 0 spiro atoms. The van der Waals surface area contributed by atoms with E-state index in [1.54, 1.807) is 14.2 Å². The summed E-state index contributed by atoms with van der Waals surface area (Å²) in [6.07, 6.45) is 1.66. The molecule has 0 aliphatic rings. The van der Waals surface area contributed by atoms with Crippen LogP contribution in [0.2, 0.25) is 0 Å². The quantitative estimate of drug-likeness (QED) is 0.662. The standard InChI is InChI=1S/C19H28O4/c1-6-16(12-14(2)23-11-10-20)15(3)19(22-5)17-8-7-9-18(13-17)21-4/h7-9,13,16,20H,2,6,10-12H2,1,3-5H3/b19-15+. The summed E-state index contributed by atoms with van der Waals surface area (Å²) in [6, 6.07) is 7.83. The smallest absolute Gasteiger partial charge is 0.125 e. The lowest BCUT2D eigenvalue weighted by atomic mass is 9.91. The number of benzene rings is 1. The first-order valence-corrected chi connectivity index (χ1v) is 7.87. The average molecular weight is 320 g/mol. The van der Waals surface area contributed by atoms with Crippen molar-refractivity contribution in [3.63, 3.8) is 0 Å². The second-order valence-corrected chi connectivity index (χ2v) is 5.37. The maximum atomic E-state index is 8.83. The number of hydrogen-bond donors (Lipinski definition) is 1. The lowest BCUT2D eigenvalue weighted by Gasteiger charge is -2.21. The number of rotatable bonds is 10. The minimum absolute atomic E-state index is 0.00222. The first-order valence-electron chi connectivity index (χ1n) is 7.87. The molecule has 23 heavy (non-hydrogen) atoms. The minimum atomic E-state index is -0.00222.